The molecule has 2 aromatic rings. The van der Waals surface area contributed by atoms with Gasteiger partial charge in [-0.2, -0.15) is 10.4 Å². The van der Waals surface area contributed by atoms with E-state index in [1.165, 1.54) is 11.1 Å². The van der Waals surface area contributed by atoms with E-state index in [9.17, 15) is 9.90 Å². The van der Waals surface area contributed by atoms with Crippen LogP contribution in [0.5, 0.6) is 0 Å². The van der Waals surface area contributed by atoms with Crippen molar-refractivity contribution in [3.8, 4) is 6.07 Å². The molecule has 0 bridgehead atoms. The quantitative estimate of drug-likeness (QED) is 0.854. The highest BCUT2D eigenvalue weighted by molar-refractivity contribution is 6.01. The van der Waals surface area contributed by atoms with Gasteiger partial charge in [0.25, 0.3) is 0 Å². The van der Waals surface area contributed by atoms with E-state index in [0.717, 1.165) is 23.2 Å². The van der Waals surface area contributed by atoms with E-state index in [4.69, 9.17) is 5.26 Å². The van der Waals surface area contributed by atoms with Gasteiger partial charge in [0.15, 0.2) is 0 Å². The Hall–Kier alpha value is -2.97. The van der Waals surface area contributed by atoms with Gasteiger partial charge in [0.1, 0.15) is 17.6 Å². The van der Waals surface area contributed by atoms with Crippen molar-refractivity contribution in [2.24, 2.45) is 5.10 Å². The van der Waals surface area contributed by atoms with Crippen LogP contribution in [0.1, 0.15) is 42.0 Å². The zero-order chi connectivity index (χ0) is 19.4. The molecule has 138 valence electrons. The maximum Gasteiger partial charge on any atom is 0.140 e. The van der Waals surface area contributed by atoms with Crippen molar-refractivity contribution in [3.63, 3.8) is 0 Å². The number of Topliss-reactive ketones (excluding diaryl/α,β-unsaturated/α-hetero) is 1. The average molecular weight is 361 g/mol. The lowest BCUT2D eigenvalue weighted by molar-refractivity contribution is -0.117. The highest BCUT2D eigenvalue weighted by atomic mass is 16.3. The molecule has 5 heteroatoms. The summed E-state index contributed by atoms with van der Waals surface area (Å²) in [5, 5.41) is 24.5. The smallest absolute Gasteiger partial charge is 0.140 e. The number of aryl methyl sites for hydroxylation is 1. The maximum absolute atomic E-state index is 11.5. The lowest BCUT2D eigenvalue weighted by Gasteiger charge is -2.22. The lowest BCUT2D eigenvalue weighted by atomic mass is 9.98. The maximum atomic E-state index is 11.5. The lowest BCUT2D eigenvalue weighted by Crippen LogP contribution is -2.28. The van der Waals surface area contributed by atoms with Gasteiger partial charge in [0, 0.05) is 12.8 Å². The van der Waals surface area contributed by atoms with E-state index in [0.29, 0.717) is 18.6 Å². The van der Waals surface area contributed by atoms with Crippen LogP contribution in [-0.2, 0) is 17.8 Å². The molecule has 1 aliphatic heterocycles. The van der Waals surface area contributed by atoms with Crippen molar-refractivity contribution >= 4 is 17.2 Å². The van der Waals surface area contributed by atoms with Crippen molar-refractivity contribution in [1.82, 2.24) is 0 Å². The zero-order valence-corrected chi connectivity index (χ0v) is 15.6. The number of carbonyl (C=O) groups is 1. The van der Waals surface area contributed by atoms with Crippen molar-refractivity contribution in [2.45, 2.75) is 45.8 Å². The van der Waals surface area contributed by atoms with Crippen molar-refractivity contribution < 1.29 is 9.90 Å². The minimum Gasteiger partial charge on any atom is -0.392 e. The average Bonchev–Trinajstić information content (AvgIpc) is 3.06. The molecule has 0 aliphatic carbocycles. The summed E-state index contributed by atoms with van der Waals surface area (Å²) < 4.78 is 0. The standard InChI is InChI=1S/C22H23N3O2/c1-15-9-18(14-26)3-6-19(15)11-17-4-7-21(8-5-17)25-22(10-16(2)27)12-20(13-23)24-25/h3-9,22,26H,10-12,14H2,1-2H3. The Balaban J connectivity index is 1.77. The number of nitriles is 1. The minimum absolute atomic E-state index is 0.0539. The molecular formula is C22H23N3O2. The van der Waals surface area contributed by atoms with E-state index in [2.05, 4.69) is 36.3 Å². The first-order chi connectivity index (χ1) is 13.0. The van der Waals surface area contributed by atoms with Crippen LogP contribution in [0, 0.1) is 18.3 Å². The molecule has 0 spiro atoms. The summed E-state index contributed by atoms with van der Waals surface area (Å²) in [6.07, 6.45) is 1.70. The van der Waals surface area contributed by atoms with Gasteiger partial charge in [-0.1, -0.05) is 30.3 Å². The third-order valence-electron chi connectivity index (χ3n) is 4.84. The second-order valence-electron chi connectivity index (χ2n) is 7.03. The van der Waals surface area contributed by atoms with Crippen LogP contribution >= 0.6 is 0 Å². The summed E-state index contributed by atoms with van der Waals surface area (Å²) in [4.78, 5) is 11.5. The second-order valence-corrected chi connectivity index (χ2v) is 7.03. The van der Waals surface area contributed by atoms with E-state index in [1.807, 2.05) is 24.3 Å². The van der Waals surface area contributed by atoms with Crippen LogP contribution in [0.15, 0.2) is 47.6 Å². The normalized spacial score (nSPS) is 16.1. The van der Waals surface area contributed by atoms with Crippen molar-refractivity contribution in [1.29, 1.82) is 5.26 Å². The van der Waals surface area contributed by atoms with Crippen LogP contribution in [-0.4, -0.2) is 22.6 Å². The summed E-state index contributed by atoms with van der Waals surface area (Å²) in [6, 6.07) is 16.1. The second kappa shape index (κ2) is 8.15. The van der Waals surface area contributed by atoms with Crippen LogP contribution in [0.2, 0.25) is 0 Å². The molecule has 1 atom stereocenters. The molecule has 1 aliphatic rings. The van der Waals surface area contributed by atoms with Crippen LogP contribution < -0.4 is 5.01 Å². The fraction of sp³-hybridized carbons (Fsp3) is 0.318. The van der Waals surface area contributed by atoms with Gasteiger partial charge >= 0.3 is 0 Å². The number of hydrogen-bond acceptors (Lipinski definition) is 5. The van der Waals surface area contributed by atoms with Crippen molar-refractivity contribution in [3.05, 3.63) is 64.7 Å². The number of aliphatic hydroxyl groups excluding tert-OH is 1. The number of rotatable bonds is 6. The Morgan fingerprint density at radius 3 is 2.56 bits per heavy atom. The molecule has 0 amide bonds. The van der Waals surface area contributed by atoms with Gasteiger partial charge in [0.2, 0.25) is 0 Å². The molecule has 2 aromatic carbocycles. The van der Waals surface area contributed by atoms with Crippen molar-refractivity contribution in [2.75, 3.05) is 5.01 Å². The number of anilines is 1. The van der Waals surface area contributed by atoms with Gasteiger partial charge in [-0.25, -0.2) is 0 Å². The predicted molar refractivity (Wildman–Crippen MR) is 106 cm³/mol. The predicted octanol–water partition coefficient (Wildman–Crippen LogP) is 3.52. The number of nitrogens with zero attached hydrogens (tertiary/aromatic N) is 3. The molecule has 27 heavy (non-hydrogen) atoms. The summed E-state index contributed by atoms with van der Waals surface area (Å²) in [7, 11) is 0. The molecule has 0 radical (unpaired) electrons. The molecule has 1 unspecified atom stereocenters. The van der Waals surface area contributed by atoms with E-state index < -0.39 is 0 Å². The van der Waals surface area contributed by atoms with Gasteiger partial charge in [-0.15, -0.1) is 0 Å². The Bertz CT molecular complexity index is 910. The number of hydrazone groups is 1. The van der Waals surface area contributed by atoms with E-state index >= 15 is 0 Å². The number of benzene rings is 2. The Kier molecular flexibility index (Phi) is 5.68. The van der Waals surface area contributed by atoms with Crippen LogP contribution in [0.4, 0.5) is 5.69 Å². The number of carbonyl (C=O) groups excluding carboxylic acids is 1. The van der Waals surface area contributed by atoms with Gasteiger partial charge in [0.05, 0.1) is 18.3 Å². The number of aliphatic hydroxyl groups is 1. The SMILES string of the molecule is CC(=O)CC1CC(C#N)=NN1c1ccc(Cc2ccc(CO)cc2C)cc1. The Morgan fingerprint density at radius 1 is 1.26 bits per heavy atom. The van der Waals surface area contributed by atoms with E-state index in [1.54, 1.807) is 11.9 Å². The monoisotopic (exact) mass is 361 g/mol. The minimum atomic E-state index is -0.0868. The fourth-order valence-electron chi connectivity index (χ4n) is 3.43. The summed E-state index contributed by atoms with van der Waals surface area (Å²) >= 11 is 0. The molecule has 0 fully saturated rings. The van der Waals surface area contributed by atoms with Gasteiger partial charge in [-0.3, -0.25) is 9.80 Å². The summed E-state index contributed by atoms with van der Waals surface area (Å²) in [5.41, 5.74) is 5.83. The van der Waals surface area contributed by atoms with E-state index in [-0.39, 0.29) is 18.4 Å². The highest BCUT2D eigenvalue weighted by Crippen LogP contribution is 2.27. The molecule has 0 aromatic heterocycles. The molecule has 3 rings (SSSR count). The number of ketones is 1. The van der Waals surface area contributed by atoms with Gasteiger partial charge < -0.3 is 5.11 Å². The molecular weight excluding hydrogens is 338 g/mol. The third kappa shape index (κ3) is 4.42. The first-order valence-electron chi connectivity index (χ1n) is 9.04. The molecule has 1 N–H and O–H groups in total. The zero-order valence-electron chi connectivity index (χ0n) is 15.6. The molecule has 0 saturated carbocycles. The highest BCUT2D eigenvalue weighted by Gasteiger charge is 2.28. The first-order valence-corrected chi connectivity index (χ1v) is 9.04. The summed E-state index contributed by atoms with van der Waals surface area (Å²) in [6.45, 7) is 3.67. The molecule has 1 heterocycles. The summed E-state index contributed by atoms with van der Waals surface area (Å²) in [5.74, 6) is 0.0952. The number of hydrogen-bond donors (Lipinski definition) is 1. The molecule has 0 saturated heterocycles. The molecule has 5 nitrogen and oxygen atoms in total. The topological polar surface area (TPSA) is 76.7 Å². The van der Waals surface area contributed by atoms with Gasteiger partial charge in [-0.05, 0) is 54.7 Å². The Labute approximate surface area is 159 Å². The first kappa shape index (κ1) is 18.8. The third-order valence-corrected chi connectivity index (χ3v) is 4.84. The largest absolute Gasteiger partial charge is 0.392 e. The Morgan fingerprint density at radius 2 is 1.96 bits per heavy atom. The van der Waals surface area contributed by atoms with Crippen LogP contribution in [0.25, 0.3) is 0 Å². The fourth-order valence-corrected chi connectivity index (χ4v) is 3.43. The van der Waals surface area contributed by atoms with Crippen LogP contribution in [0.3, 0.4) is 0 Å².